The molecule has 0 aromatic heterocycles. The van der Waals surface area contributed by atoms with Crippen LogP contribution in [0.15, 0.2) is 18.2 Å². The van der Waals surface area contributed by atoms with Crippen LogP contribution >= 0.6 is 23.2 Å². The van der Waals surface area contributed by atoms with Crippen LogP contribution in [0.3, 0.4) is 0 Å². The summed E-state index contributed by atoms with van der Waals surface area (Å²) in [7, 11) is 0. The van der Waals surface area contributed by atoms with Gasteiger partial charge in [0, 0.05) is 5.02 Å². The molecule has 1 aliphatic heterocycles. The number of hydrogen-bond acceptors (Lipinski definition) is 2. The molecule has 1 atom stereocenters. The molecule has 17 heavy (non-hydrogen) atoms. The van der Waals surface area contributed by atoms with Crippen LogP contribution in [-0.2, 0) is 4.79 Å². The van der Waals surface area contributed by atoms with Gasteiger partial charge in [-0.2, -0.15) is 0 Å². The fourth-order valence-corrected chi connectivity index (χ4v) is 2.06. The lowest BCUT2D eigenvalue weighted by atomic mass is 10.2. The van der Waals surface area contributed by atoms with Crippen molar-refractivity contribution in [1.82, 2.24) is 5.32 Å². The van der Waals surface area contributed by atoms with E-state index in [-0.39, 0.29) is 5.91 Å². The second-order valence-electron chi connectivity index (χ2n) is 3.68. The van der Waals surface area contributed by atoms with Crippen molar-refractivity contribution in [2.75, 3.05) is 4.90 Å². The maximum Gasteiger partial charge on any atom is 0.329 e. The van der Waals surface area contributed by atoms with E-state index < -0.39 is 12.1 Å². The molecule has 2 rings (SSSR count). The van der Waals surface area contributed by atoms with Crippen molar-refractivity contribution in [1.29, 1.82) is 0 Å². The summed E-state index contributed by atoms with van der Waals surface area (Å²) in [6.07, 6.45) is 0.541. The standard InChI is InChI=1S/C11H10Cl2N2O2/c1-2-8-10(16)15(11(17)14-8)9-5-6(12)3-4-7(9)13/h3-5,8H,2H2,1H3,(H,14,17). The van der Waals surface area contributed by atoms with E-state index in [2.05, 4.69) is 5.32 Å². The van der Waals surface area contributed by atoms with Gasteiger partial charge in [0.1, 0.15) is 6.04 Å². The molecule has 0 aliphatic carbocycles. The van der Waals surface area contributed by atoms with Gasteiger partial charge in [0.05, 0.1) is 10.7 Å². The third kappa shape index (κ3) is 2.10. The van der Waals surface area contributed by atoms with E-state index in [4.69, 9.17) is 23.2 Å². The van der Waals surface area contributed by atoms with Gasteiger partial charge in [-0.15, -0.1) is 0 Å². The summed E-state index contributed by atoms with van der Waals surface area (Å²) in [5.74, 6) is -0.304. The van der Waals surface area contributed by atoms with Gasteiger partial charge in [0.15, 0.2) is 0 Å². The average molecular weight is 273 g/mol. The zero-order chi connectivity index (χ0) is 12.6. The number of urea groups is 1. The number of nitrogens with one attached hydrogen (secondary N) is 1. The minimum atomic E-state index is -0.488. The second kappa shape index (κ2) is 4.55. The van der Waals surface area contributed by atoms with Gasteiger partial charge in [0.25, 0.3) is 5.91 Å². The van der Waals surface area contributed by atoms with Gasteiger partial charge in [-0.05, 0) is 24.6 Å². The van der Waals surface area contributed by atoms with E-state index >= 15 is 0 Å². The van der Waals surface area contributed by atoms with Crippen LogP contribution in [0.4, 0.5) is 10.5 Å². The monoisotopic (exact) mass is 272 g/mol. The SMILES string of the molecule is CCC1NC(=O)N(c2cc(Cl)ccc2Cl)C1=O. The van der Waals surface area contributed by atoms with Crippen molar-refractivity contribution in [3.63, 3.8) is 0 Å². The molecular formula is C11H10Cl2N2O2. The highest BCUT2D eigenvalue weighted by Gasteiger charge is 2.38. The fourth-order valence-electron chi connectivity index (χ4n) is 1.69. The van der Waals surface area contributed by atoms with Crippen molar-refractivity contribution in [2.24, 2.45) is 0 Å². The number of rotatable bonds is 2. The Hall–Kier alpha value is -1.26. The molecule has 1 aromatic rings. The molecule has 1 saturated heterocycles. The number of hydrogen-bond donors (Lipinski definition) is 1. The van der Waals surface area contributed by atoms with Crippen LogP contribution in [-0.4, -0.2) is 18.0 Å². The molecule has 0 bridgehead atoms. The minimum Gasteiger partial charge on any atom is -0.325 e. The van der Waals surface area contributed by atoms with E-state index in [0.29, 0.717) is 22.2 Å². The lowest BCUT2D eigenvalue weighted by molar-refractivity contribution is -0.118. The smallest absolute Gasteiger partial charge is 0.325 e. The van der Waals surface area contributed by atoms with Gasteiger partial charge >= 0.3 is 6.03 Å². The Labute approximate surface area is 108 Å². The molecule has 1 fully saturated rings. The number of amides is 3. The predicted octanol–water partition coefficient (Wildman–Crippen LogP) is 2.83. The molecule has 0 spiro atoms. The van der Waals surface area contributed by atoms with Crippen LogP contribution in [0, 0.1) is 0 Å². The molecule has 6 heteroatoms. The highest BCUT2D eigenvalue weighted by molar-refractivity contribution is 6.37. The number of halogens is 2. The van der Waals surface area contributed by atoms with Crippen LogP contribution in [0.1, 0.15) is 13.3 Å². The molecule has 1 N–H and O–H groups in total. The third-order valence-electron chi connectivity index (χ3n) is 2.58. The molecule has 0 radical (unpaired) electrons. The van der Waals surface area contributed by atoms with Gasteiger partial charge in [0.2, 0.25) is 0 Å². The fraction of sp³-hybridized carbons (Fsp3) is 0.273. The molecule has 1 aromatic carbocycles. The van der Waals surface area contributed by atoms with Crippen molar-refractivity contribution in [3.05, 3.63) is 28.2 Å². The van der Waals surface area contributed by atoms with E-state index in [1.165, 1.54) is 6.07 Å². The number of anilines is 1. The zero-order valence-electron chi connectivity index (χ0n) is 9.04. The molecule has 4 nitrogen and oxygen atoms in total. The lowest BCUT2D eigenvalue weighted by Gasteiger charge is -2.14. The summed E-state index contributed by atoms with van der Waals surface area (Å²) in [5.41, 5.74) is 0.317. The topological polar surface area (TPSA) is 49.4 Å². The summed E-state index contributed by atoms with van der Waals surface area (Å²) in [6.45, 7) is 1.83. The summed E-state index contributed by atoms with van der Waals surface area (Å²) in [6, 6.07) is 3.70. The Morgan fingerprint density at radius 2 is 2.06 bits per heavy atom. The van der Waals surface area contributed by atoms with Gasteiger partial charge in [-0.1, -0.05) is 30.1 Å². The Morgan fingerprint density at radius 3 is 2.65 bits per heavy atom. The highest BCUT2D eigenvalue weighted by Crippen LogP contribution is 2.31. The largest absolute Gasteiger partial charge is 0.329 e. The second-order valence-corrected chi connectivity index (χ2v) is 4.52. The number of benzene rings is 1. The van der Waals surface area contributed by atoms with Crippen LogP contribution < -0.4 is 10.2 Å². The van der Waals surface area contributed by atoms with Gasteiger partial charge < -0.3 is 5.32 Å². The Bertz CT molecular complexity index is 490. The summed E-state index contributed by atoms with van der Waals surface area (Å²) in [4.78, 5) is 24.7. The molecule has 3 amide bonds. The first kappa shape index (κ1) is 12.2. The Balaban J connectivity index is 2.43. The Morgan fingerprint density at radius 1 is 1.35 bits per heavy atom. The Kier molecular flexibility index (Phi) is 3.26. The average Bonchev–Trinajstić information content (AvgIpc) is 2.58. The summed E-state index contributed by atoms with van der Waals surface area (Å²) < 4.78 is 0. The third-order valence-corrected chi connectivity index (χ3v) is 3.13. The maximum atomic E-state index is 12.0. The first-order valence-corrected chi connectivity index (χ1v) is 5.89. The molecule has 1 unspecified atom stereocenters. The van der Waals surface area contributed by atoms with Crippen molar-refractivity contribution >= 4 is 40.8 Å². The normalized spacial score (nSPS) is 19.7. The van der Waals surface area contributed by atoms with Crippen LogP contribution in [0.2, 0.25) is 10.0 Å². The van der Waals surface area contributed by atoms with E-state index in [0.717, 1.165) is 4.90 Å². The first-order chi connectivity index (χ1) is 8.04. The predicted molar refractivity (Wildman–Crippen MR) is 66.6 cm³/mol. The number of carbonyl (C=O) groups is 2. The quantitative estimate of drug-likeness (QED) is 0.842. The van der Waals surface area contributed by atoms with Gasteiger partial charge in [-0.25, -0.2) is 9.69 Å². The van der Waals surface area contributed by atoms with Gasteiger partial charge in [-0.3, -0.25) is 4.79 Å². The summed E-state index contributed by atoms with van der Waals surface area (Å²) >= 11 is 11.8. The van der Waals surface area contributed by atoms with Crippen molar-refractivity contribution in [2.45, 2.75) is 19.4 Å². The van der Waals surface area contributed by atoms with E-state index in [1.807, 2.05) is 6.92 Å². The zero-order valence-corrected chi connectivity index (χ0v) is 10.5. The van der Waals surface area contributed by atoms with Crippen LogP contribution in [0.5, 0.6) is 0 Å². The first-order valence-electron chi connectivity index (χ1n) is 5.14. The molecule has 0 saturated carbocycles. The summed E-state index contributed by atoms with van der Waals surface area (Å²) in [5, 5.41) is 3.32. The number of nitrogens with zero attached hydrogens (tertiary/aromatic N) is 1. The number of carbonyl (C=O) groups excluding carboxylic acids is 2. The molecule has 1 aliphatic rings. The van der Waals surface area contributed by atoms with E-state index in [1.54, 1.807) is 12.1 Å². The van der Waals surface area contributed by atoms with E-state index in [9.17, 15) is 9.59 Å². The minimum absolute atomic E-state index is 0.304. The molecular weight excluding hydrogens is 263 g/mol. The van der Waals surface area contributed by atoms with Crippen LogP contribution in [0.25, 0.3) is 0 Å². The highest BCUT2D eigenvalue weighted by atomic mass is 35.5. The maximum absolute atomic E-state index is 12.0. The molecule has 1 heterocycles. The number of imide groups is 1. The lowest BCUT2D eigenvalue weighted by Crippen LogP contribution is -2.31. The van der Waals surface area contributed by atoms with Crippen molar-refractivity contribution < 1.29 is 9.59 Å². The van der Waals surface area contributed by atoms with Crippen molar-refractivity contribution in [3.8, 4) is 0 Å². The molecule has 90 valence electrons.